The van der Waals surface area contributed by atoms with E-state index < -0.39 is 5.82 Å². The zero-order valence-corrected chi connectivity index (χ0v) is 18.2. The second-order valence-electron chi connectivity index (χ2n) is 7.79. The van der Waals surface area contributed by atoms with Crippen LogP contribution in [0.5, 0.6) is 11.5 Å². The molecule has 2 aromatic carbocycles. The number of benzene rings is 2. The van der Waals surface area contributed by atoms with Crippen LogP contribution in [0.2, 0.25) is 0 Å². The van der Waals surface area contributed by atoms with E-state index >= 15 is 0 Å². The van der Waals surface area contributed by atoms with Crippen molar-refractivity contribution in [2.45, 2.75) is 20.3 Å². The molecule has 0 radical (unpaired) electrons. The minimum Gasteiger partial charge on any atom is -0.452 e. The van der Waals surface area contributed by atoms with Crippen LogP contribution in [0, 0.1) is 19.7 Å². The number of ketones is 1. The summed E-state index contributed by atoms with van der Waals surface area (Å²) in [6.07, 6.45) is 3.51. The fourth-order valence-electron chi connectivity index (χ4n) is 4.01. The first-order valence-corrected chi connectivity index (χ1v) is 10.5. The number of fused-ring (bicyclic) bond motifs is 1. The molecule has 0 saturated heterocycles. The van der Waals surface area contributed by atoms with Crippen molar-refractivity contribution in [3.63, 3.8) is 0 Å². The number of nitrogens with zero attached hydrogens (tertiary/aromatic N) is 4. The van der Waals surface area contributed by atoms with Gasteiger partial charge in [-0.2, -0.15) is 10.2 Å². The summed E-state index contributed by atoms with van der Waals surface area (Å²) in [5.41, 5.74) is 4.16. The van der Waals surface area contributed by atoms with E-state index in [1.165, 1.54) is 6.07 Å². The van der Waals surface area contributed by atoms with Gasteiger partial charge in [0, 0.05) is 12.6 Å². The molecule has 3 aromatic heterocycles. The normalized spacial score (nSPS) is 11.1. The van der Waals surface area contributed by atoms with Crippen molar-refractivity contribution in [2.24, 2.45) is 0 Å². The maximum atomic E-state index is 14.8. The SMILES string of the molecule is Cc1nn(-c2ccccc2)c(C)c1C(=O)Cc1ccc(Oc2cccn3nccc23)c(F)c1. The van der Waals surface area contributed by atoms with Gasteiger partial charge in [0.1, 0.15) is 5.52 Å². The molecule has 5 rings (SSSR count). The summed E-state index contributed by atoms with van der Waals surface area (Å²) in [6.45, 7) is 3.68. The highest BCUT2D eigenvalue weighted by Gasteiger charge is 2.20. The summed E-state index contributed by atoms with van der Waals surface area (Å²) in [6, 6.07) is 19.6. The van der Waals surface area contributed by atoms with E-state index in [9.17, 15) is 9.18 Å². The summed E-state index contributed by atoms with van der Waals surface area (Å²) in [7, 11) is 0. The van der Waals surface area contributed by atoms with E-state index in [1.54, 1.807) is 51.9 Å². The van der Waals surface area contributed by atoms with E-state index in [-0.39, 0.29) is 18.0 Å². The molecule has 0 N–H and O–H groups in total. The Labute approximate surface area is 189 Å². The monoisotopic (exact) mass is 440 g/mol. The van der Waals surface area contributed by atoms with E-state index in [0.29, 0.717) is 22.6 Å². The number of carbonyl (C=O) groups excluding carboxylic acids is 1. The molecule has 6 nitrogen and oxygen atoms in total. The van der Waals surface area contributed by atoms with Crippen LogP contribution in [-0.4, -0.2) is 25.2 Å². The fraction of sp³-hybridized carbons (Fsp3) is 0.115. The molecule has 0 unspecified atom stereocenters. The number of pyridine rings is 1. The van der Waals surface area contributed by atoms with Gasteiger partial charge in [0.25, 0.3) is 0 Å². The first-order chi connectivity index (χ1) is 16.0. The number of ether oxygens (including phenoxy) is 1. The lowest BCUT2D eigenvalue weighted by molar-refractivity contribution is 0.0991. The number of aromatic nitrogens is 4. The summed E-state index contributed by atoms with van der Waals surface area (Å²) in [5.74, 6) is -0.0541. The van der Waals surface area contributed by atoms with Crippen LogP contribution < -0.4 is 4.74 Å². The molecule has 0 aliphatic heterocycles. The molecule has 0 fully saturated rings. The highest BCUT2D eigenvalue weighted by Crippen LogP contribution is 2.29. The van der Waals surface area contributed by atoms with Gasteiger partial charge in [-0.3, -0.25) is 4.79 Å². The third-order valence-corrected chi connectivity index (χ3v) is 5.55. The minimum absolute atomic E-state index is 0.0670. The van der Waals surface area contributed by atoms with Crippen LogP contribution in [0.4, 0.5) is 4.39 Å². The van der Waals surface area contributed by atoms with Gasteiger partial charge in [-0.15, -0.1) is 0 Å². The third kappa shape index (κ3) is 3.89. The maximum Gasteiger partial charge on any atom is 0.170 e. The predicted octanol–water partition coefficient (Wildman–Crippen LogP) is 5.49. The highest BCUT2D eigenvalue weighted by atomic mass is 19.1. The smallest absolute Gasteiger partial charge is 0.170 e. The Morgan fingerprint density at radius 2 is 1.82 bits per heavy atom. The van der Waals surface area contributed by atoms with Crippen molar-refractivity contribution >= 4 is 11.3 Å². The second kappa shape index (κ2) is 8.35. The Kier molecular flexibility index (Phi) is 5.22. The topological polar surface area (TPSA) is 61.4 Å². The van der Waals surface area contributed by atoms with Gasteiger partial charge in [-0.25, -0.2) is 13.6 Å². The molecule has 0 spiro atoms. The van der Waals surface area contributed by atoms with Crippen LogP contribution in [0.15, 0.2) is 79.1 Å². The molecule has 0 aliphatic rings. The van der Waals surface area contributed by atoms with Crippen LogP contribution in [0.3, 0.4) is 0 Å². The van der Waals surface area contributed by atoms with Crippen molar-refractivity contribution in [3.05, 3.63) is 107 Å². The summed E-state index contributed by atoms with van der Waals surface area (Å²) in [4.78, 5) is 13.1. The number of aryl methyl sites for hydroxylation is 1. The van der Waals surface area contributed by atoms with E-state index in [0.717, 1.165) is 16.9 Å². The number of halogens is 1. The van der Waals surface area contributed by atoms with Gasteiger partial charge in [0.05, 0.1) is 28.8 Å². The lowest BCUT2D eigenvalue weighted by Crippen LogP contribution is -2.07. The number of hydrogen-bond acceptors (Lipinski definition) is 4. The van der Waals surface area contributed by atoms with Crippen LogP contribution in [0.25, 0.3) is 11.2 Å². The molecule has 5 aromatic rings. The van der Waals surface area contributed by atoms with Crippen molar-refractivity contribution in [1.29, 1.82) is 0 Å². The lowest BCUT2D eigenvalue weighted by Gasteiger charge is -2.10. The Hall–Kier alpha value is -4.26. The molecule has 7 heteroatoms. The fourth-order valence-corrected chi connectivity index (χ4v) is 4.01. The molecule has 3 heterocycles. The quantitative estimate of drug-likeness (QED) is 0.328. The Bertz CT molecular complexity index is 1470. The lowest BCUT2D eigenvalue weighted by atomic mass is 10.0. The van der Waals surface area contributed by atoms with Crippen LogP contribution >= 0.6 is 0 Å². The third-order valence-electron chi connectivity index (χ3n) is 5.55. The van der Waals surface area contributed by atoms with Gasteiger partial charge in [0.2, 0.25) is 0 Å². The summed E-state index contributed by atoms with van der Waals surface area (Å²) in [5, 5.41) is 8.69. The van der Waals surface area contributed by atoms with Crippen molar-refractivity contribution < 1.29 is 13.9 Å². The summed E-state index contributed by atoms with van der Waals surface area (Å²) < 4.78 is 24.0. The van der Waals surface area contributed by atoms with Gasteiger partial charge in [-0.05, 0) is 61.9 Å². The number of Topliss-reactive ketones (excluding diaryl/α,β-unsaturated/α-hetero) is 1. The predicted molar refractivity (Wildman–Crippen MR) is 123 cm³/mol. The minimum atomic E-state index is -0.532. The molecule has 164 valence electrons. The molecule has 0 aliphatic carbocycles. The Morgan fingerprint density at radius 1 is 1.00 bits per heavy atom. The molecular weight excluding hydrogens is 419 g/mol. The Balaban J connectivity index is 1.37. The first-order valence-electron chi connectivity index (χ1n) is 10.5. The van der Waals surface area contributed by atoms with E-state index in [2.05, 4.69) is 10.2 Å². The second-order valence-corrected chi connectivity index (χ2v) is 7.79. The van der Waals surface area contributed by atoms with Crippen LogP contribution in [-0.2, 0) is 6.42 Å². The van der Waals surface area contributed by atoms with Crippen LogP contribution in [0.1, 0.15) is 27.3 Å². The average Bonchev–Trinajstić information content (AvgIpc) is 3.41. The van der Waals surface area contributed by atoms with Gasteiger partial charge >= 0.3 is 0 Å². The molecule has 0 amide bonds. The zero-order valence-electron chi connectivity index (χ0n) is 18.2. The average molecular weight is 440 g/mol. The molecular formula is C26H21FN4O2. The van der Waals surface area contributed by atoms with Crippen molar-refractivity contribution in [1.82, 2.24) is 19.4 Å². The Morgan fingerprint density at radius 3 is 2.61 bits per heavy atom. The van der Waals surface area contributed by atoms with Crippen molar-refractivity contribution in [3.8, 4) is 17.2 Å². The molecule has 0 saturated carbocycles. The van der Waals surface area contributed by atoms with Crippen molar-refractivity contribution in [2.75, 3.05) is 0 Å². The van der Waals surface area contributed by atoms with E-state index in [4.69, 9.17) is 4.74 Å². The van der Waals surface area contributed by atoms with Gasteiger partial charge in [-0.1, -0.05) is 24.3 Å². The van der Waals surface area contributed by atoms with Gasteiger partial charge in [0.15, 0.2) is 23.1 Å². The number of carbonyl (C=O) groups is 1. The molecule has 0 atom stereocenters. The summed E-state index contributed by atoms with van der Waals surface area (Å²) >= 11 is 0. The van der Waals surface area contributed by atoms with Gasteiger partial charge < -0.3 is 4.74 Å². The largest absolute Gasteiger partial charge is 0.452 e. The first kappa shape index (κ1) is 20.6. The zero-order chi connectivity index (χ0) is 22.9. The highest BCUT2D eigenvalue weighted by molar-refractivity contribution is 5.99. The standard InChI is InChI=1S/C26H21FN4O2/c1-17-26(18(2)31(29-17)20-7-4-3-5-8-20)23(32)16-19-10-11-24(21(27)15-19)33-25-9-6-14-30-22(25)12-13-28-30/h3-15H,16H2,1-2H3. The number of para-hydroxylation sites is 1. The van der Waals surface area contributed by atoms with E-state index in [1.807, 2.05) is 44.2 Å². The molecule has 33 heavy (non-hydrogen) atoms. The number of rotatable bonds is 6. The number of hydrogen-bond donors (Lipinski definition) is 0. The molecule has 0 bridgehead atoms. The maximum absolute atomic E-state index is 14.8.